The van der Waals surface area contributed by atoms with Gasteiger partial charge in [-0.2, -0.15) is 0 Å². The van der Waals surface area contributed by atoms with Crippen LogP contribution in [0, 0.1) is 0 Å². The highest BCUT2D eigenvalue weighted by atomic mass is 79.9. The minimum atomic E-state index is -0.414. The van der Waals surface area contributed by atoms with Crippen LogP contribution in [-0.2, 0) is 15.0 Å². The van der Waals surface area contributed by atoms with E-state index in [9.17, 15) is 9.59 Å². The molecule has 0 spiro atoms. The van der Waals surface area contributed by atoms with Gasteiger partial charge in [0.25, 0.3) is 0 Å². The molecule has 1 aliphatic carbocycles. The third-order valence-corrected chi connectivity index (χ3v) is 7.15. The Hall–Kier alpha value is -1.24. The molecule has 2 aromatic rings. The lowest BCUT2D eigenvalue weighted by Crippen LogP contribution is -2.21. The molecule has 3 nitrogen and oxygen atoms in total. The van der Waals surface area contributed by atoms with E-state index in [0.29, 0.717) is 5.57 Å². The molecule has 0 unspecified atom stereocenters. The van der Waals surface area contributed by atoms with Crippen molar-refractivity contribution in [2.45, 2.75) is 19.3 Å². The summed E-state index contributed by atoms with van der Waals surface area (Å²) in [7, 11) is 0. The number of benzene rings is 1. The number of fused-ring (bicyclic) bond motifs is 1. The van der Waals surface area contributed by atoms with Crippen molar-refractivity contribution in [3.05, 3.63) is 61.6 Å². The Balaban J connectivity index is 2.43. The number of halogens is 3. The number of carbonyl (C=O) groups is 2. The number of Topliss-reactive ketones (excluding diaryl/α,β-unsaturated/α-hetero) is 2. The fraction of sp³-hybridized carbons (Fsp3) is 0.158. The Morgan fingerprint density at radius 3 is 2.24 bits per heavy atom. The summed E-state index contributed by atoms with van der Waals surface area (Å²) in [6.45, 7) is 7.94. The molecule has 0 fully saturated rings. The van der Waals surface area contributed by atoms with Crippen molar-refractivity contribution in [3.8, 4) is 0 Å². The van der Waals surface area contributed by atoms with Crippen molar-refractivity contribution in [2.24, 2.45) is 0 Å². The van der Waals surface area contributed by atoms with Crippen LogP contribution in [0.3, 0.4) is 0 Å². The molecule has 6 heteroatoms. The molecule has 25 heavy (non-hydrogen) atoms. The van der Waals surface area contributed by atoms with Crippen LogP contribution in [0.2, 0.25) is 0 Å². The second-order valence-corrected chi connectivity index (χ2v) is 8.70. The Labute approximate surface area is 170 Å². The van der Waals surface area contributed by atoms with E-state index < -0.39 is 5.41 Å². The third-order valence-electron chi connectivity index (χ3n) is 4.35. The predicted octanol–water partition coefficient (Wildman–Crippen LogP) is 5.89. The minimum Gasteiger partial charge on any atom is -0.357 e. The van der Waals surface area contributed by atoms with Gasteiger partial charge < -0.3 is 4.98 Å². The second kappa shape index (κ2) is 6.49. The van der Waals surface area contributed by atoms with Gasteiger partial charge in [0.15, 0.2) is 0 Å². The number of rotatable bonds is 3. The molecule has 1 N–H and O–H groups in total. The molecule has 0 amide bonds. The molecule has 1 aliphatic rings. The fourth-order valence-corrected chi connectivity index (χ4v) is 4.43. The summed E-state index contributed by atoms with van der Waals surface area (Å²) in [4.78, 5) is 28.9. The van der Waals surface area contributed by atoms with Gasteiger partial charge >= 0.3 is 0 Å². The lowest BCUT2D eigenvalue weighted by atomic mass is 9.83. The maximum absolute atomic E-state index is 13.0. The zero-order chi connectivity index (χ0) is 18.5. The van der Waals surface area contributed by atoms with E-state index in [1.807, 2.05) is 44.2 Å². The van der Waals surface area contributed by atoms with Crippen molar-refractivity contribution in [3.63, 3.8) is 0 Å². The van der Waals surface area contributed by atoms with Crippen molar-refractivity contribution < 1.29 is 9.59 Å². The molecule has 128 valence electrons. The highest BCUT2D eigenvalue weighted by molar-refractivity contribution is 9.15. The first-order chi connectivity index (χ1) is 11.7. The van der Waals surface area contributed by atoms with E-state index in [1.54, 1.807) is 0 Å². The molecule has 1 heterocycles. The zero-order valence-corrected chi connectivity index (χ0v) is 18.3. The molecule has 0 bridgehead atoms. The van der Waals surface area contributed by atoms with E-state index in [2.05, 4.69) is 59.4 Å². The van der Waals surface area contributed by atoms with Gasteiger partial charge in [-0.25, -0.2) is 0 Å². The number of para-hydroxylation sites is 1. The molecule has 0 aliphatic heterocycles. The Kier molecular flexibility index (Phi) is 4.81. The van der Waals surface area contributed by atoms with Crippen LogP contribution in [-0.4, -0.2) is 16.6 Å². The average Bonchev–Trinajstić information content (AvgIpc) is 2.99. The summed E-state index contributed by atoms with van der Waals surface area (Å²) in [5, 5.41) is 0.888. The first-order valence-electron chi connectivity index (χ1n) is 7.50. The molecular formula is C19H14Br3NO2. The molecule has 3 rings (SSSR count). The summed E-state index contributed by atoms with van der Waals surface area (Å²) in [6, 6.07) is 7.73. The molecular weight excluding hydrogens is 514 g/mol. The summed E-state index contributed by atoms with van der Waals surface area (Å²) in [6.07, 6.45) is 1.83. The minimum absolute atomic E-state index is 0.220. The highest BCUT2D eigenvalue weighted by Gasteiger charge is 2.36. The van der Waals surface area contributed by atoms with Crippen molar-refractivity contribution in [1.82, 2.24) is 4.98 Å². The van der Waals surface area contributed by atoms with Gasteiger partial charge in [-0.05, 0) is 53.9 Å². The van der Waals surface area contributed by atoms with E-state index in [1.165, 1.54) is 0 Å². The largest absolute Gasteiger partial charge is 0.357 e. The third kappa shape index (κ3) is 2.84. The van der Waals surface area contributed by atoms with E-state index in [-0.39, 0.29) is 25.0 Å². The summed E-state index contributed by atoms with van der Waals surface area (Å²) in [5.41, 5.74) is 2.41. The molecule has 1 aromatic heterocycles. The maximum Gasteiger partial charge on any atom is 0.208 e. The number of hydrogen-bond donors (Lipinski definition) is 1. The van der Waals surface area contributed by atoms with Crippen LogP contribution < -0.4 is 0 Å². The number of hydrogen-bond acceptors (Lipinski definition) is 2. The Morgan fingerprint density at radius 2 is 1.60 bits per heavy atom. The van der Waals surface area contributed by atoms with Crippen molar-refractivity contribution in [1.29, 1.82) is 0 Å². The Morgan fingerprint density at radius 1 is 1.00 bits per heavy atom. The molecule has 0 saturated carbocycles. The van der Waals surface area contributed by atoms with Crippen LogP contribution in [0.4, 0.5) is 0 Å². The molecule has 0 radical (unpaired) electrons. The van der Waals surface area contributed by atoms with Gasteiger partial charge in [0.1, 0.15) is 0 Å². The van der Waals surface area contributed by atoms with Gasteiger partial charge in [-0.3, -0.25) is 9.59 Å². The van der Waals surface area contributed by atoms with E-state index >= 15 is 0 Å². The predicted molar refractivity (Wildman–Crippen MR) is 112 cm³/mol. The lowest BCUT2D eigenvalue weighted by Gasteiger charge is -2.23. The number of aromatic amines is 1. The van der Waals surface area contributed by atoms with Gasteiger partial charge in [-0.15, -0.1) is 6.58 Å². The first kappa shape index (κ1) is 18.5. The molecule has 0 atom stereocenters. The number of H-pyrrole nitrogens is 1. The fourth-order valence-electron chi connectivity index (χ4n) is 2.83. The van der Waals surface area contributed by atoms with Crippen LogP contribution >= 0.6 is 47.8 Å². The summed E-state index contributed by atoms with van der Waals surface area (Å²) < 4.78 is 0.694. The SMILES string of the molecule is C=CC(C)(C)c1[nH]c2ccccc2c1C1=C(Br)C(=O)C(Br)=C(Br)C1=O. The lowest BCUT2D eigenvalue weighted by molar-refractivity contribution is -0.113. The smallest absolute Gasteiger partial charge is 0.208 e. The van der Waals surface area contributed by atoms with Crippen LogP contribution in [0.5, 0.6) is 0 Å². The summed E-state index contributed by atoms with van der Waals surface area (Å²) >= 11 is 9.78. The topological polar surface area (TPSA) is 49.9 Å². The monoisotopic (exact) mass is 525 g/mol. The number of carbonyl (C=O) groups excluding carboxylic acids is 2. The second-order valence-electron chi connectivity index (χ2n) is 6.32. The number of nitrogens with one attached hydrogen (secondary N) is 1. The number of aromatic nitrogens is 1. The highest BCUT2D eigenvalue weighted by Crippen LogP contribution is 2.44. The Bertz CT molecular complexity index is 1010. The average molecular weight is 528 g/mol. The first-order valence-corrected chi connectivity index (χ1v) is 9.88. The molecule has 1 aromatic carbocycles. The normalized spacial score (nSPS) is 16.2. The van der Waals surface area contributed by atoms with E-state index in [0.717, 1.165) is 22.2 Å². The number of ketones is 2. The van der Waals surface area contributed by atoms with E-state index in [4.69, 9.17) is 0 Å². The van der Waals surface area contributed by atoms with Gasteiger partial charge in [0.2, 0.25) is 11.6 Å². The van der Waals surface area contributed by atoms with Crippen molar-refractivity contribution >= 4 is 75.8 Å². The quantitative estimate of drug-likeness (QED) is 0.399. The maximum atomic E-state index is 13.0. The van der Waals surface area contributed by atoms with Gasteiger partial charge in [0.05, 0.1) is 19.0 Å². The van der Waals surface area contributed by atoms with Gasteiger partial charge in [-0.1, -0.05) is 38.1 Å². The van der Waals surface area contributed by atoms with Crippen LogP contribution in [0.25, 0.3) is 16.5 Å². The molecule has 0 saturated heterocycles. The number of allylic oxidation sites excluding steroid dienone is 5. The van der Waals surface area contributed by atoms with Crippen LogP contribution in [0.15, 0.2) is 50.4 Å². The van der Waals surface area contributed by atoms with Crippen molar-refractivity contribution in [2.75, 3.05) is 0 Å². The summed E-state index contributed by atoms with van der Waals surface area (Å²) in [5.74, 6) is -0.515. The van der Waals surface area contributed by atoms with Gasteiger partial charge in [0, 0.05) is 27.6 Å². The standard InChI is InChI=1S/C19H14Br3NO2/c1-4-19(2,3)18-11(9-7-5-6-8-10(9)23-18)12-13(20)17(25)15(22)14(21)16(12)24/h4-8,23H,1H2,2-3H3. The van der Waals surface area contributed by atoms with Crippen LogP contribution in [0.1, 0.15) is 25.1 Å². The zero-order valence-electron chi connectivity index (χ0n) is 13.5.